The summed E-state index contributed by atoms with van der Waals surface area (Å²) >= 11 is 0. The van der Waals surface area contributed by atoms with Crippen LogP contribution >= 0.6 is 0 Å². The molecule has 0 atom stereocenters. The number of nitrogens with two attached hydrogens (primary N) is 1. The number of hydrogen-bond donors (Lipinski definition) is 2. The van der Waals surface area contributed by atoms with E-state index in [1.54, 1.807) is 6.20 Å². The molecule has 1 saturated heterocycles. The molecule has 0 saturated carbocycles. The van der Waals surface area contributed by atoms with Crippen molar-refractivity contribution in [3.8, 4) is 0 Å². The fourth-order valence-electron chi connectivity index (χ4n) is 2.59. The highest BCUT2D eigenvalue weighted by Crippen LogP contribution is 2.21. The number of amidine groups is 1. The summed E-state index contributed by atoms with van der Waals surface area (Å²) in [5, 5.41) is 12.1. The molecule has 0 spiro atoms. The van der Waals surface area contributed by atoms with Crippen LogP contribution in [0.3, 0.4) is 0 Å². The van der Waals surface area contributed by atoms with Crippen LogP contribution in [0.1, 0.15) is 25.2 Å². The highest BCUT2D eigenvalue weighted by molar-refractivity contribution is 5.88. The maximum atomic E-state index is 8.91. The van der Waals surface area contributed by atoms with E-state index in [1.807, 2.05) is 27.7 Å². The lowest BCUT2D eigenvalue weighted by Gasteiger charge is -2.43. The maximum Gasteiger partial charge on any atom is 0.159 e. The van der Waals surface area contributed by atoms with Crippen molar-refractivity contribution in [3.05, 3.63) is 17.6 Å². The summed E-state index contributed by atoms with van der Waals surface area (Å²) in [6.45, 7) is 11.2. The number of nitrogens with zero attached hydrogens (tertiary/aromatic N) is 5. The molecule has 0 radical (unpaired) electrons. The Labute approximate surface area is 125 Å². The Morgan fingerprint density at radius 1 is 1.29 bits per heavy atom. The zero-order chi connectivity index (χ0) is 15.6. The fraction of sp³-hybridized carbons (Fsp3) is 0.643. The summed E-state index contributed by atoms with van der Waals surface area (Å²) in [6, 6.07) is 0. The molecule has 1 aliphatic heterocycles. The Balaban J connectivity index is 2.08. The number of hydrogen-bond acceptors (Lipinski definition) is 6. The monoisotopic (exact) mass is 292 g/mol. The number of aryl methyl sites for hydroxylation is 2. The van der Waals surface area contributed by atoms with Gasteiger partial charge in [0, 0.05) is 32.4 Å². The van der Waals surface area contributed by atoms with Crippen LogP contribution in [-0.4, -0.2) is 57.6 Å². The van der Waals surface area contributed by atoms with Gasteiger partial charge in [0.1, 0.15) is 5.82 Å². The topological polar surface area (TPSA) is 90.9 Å². The zero-order valence-corrected chi connectivity index (χ0v) is 13.2. The van der Waals surface area contributed by atoms with Crippen LogP contribution in [-0.2, 0) is 0 Å². The van der Waals surface area contributed by atoms with Crippen molar-refractivity contribution in [2.75, 3.05) is 31.1 Å². The third-order valence-corrected chi connectivity index (χ3v) is 4.16. The van der Waals surface area contributed by atoms with E-state index >= 15 is 0 Å². The smallest absolute Gasteiger partial charge is 0.159 e. The van der Waals surface area contributed by atoms with Gasteiger partial charge in [-0.25, -0.2) is 4.98 Å². The van der Waals surface area contributed by atoms with Gasteiger partial charge in [-0.05, 0) is 27.7 Å². The average molecular weight is 292 g/mol. The van der Waals surface area contributed by atoms with Crippen LogP contribution in [0.4, 0.5) is 5.82 Å². The van der Waals surface area contributed by atoms with Gasteiger partial charge in [0.15, 0.2) is 5.84 Å². The molecule has 7 nitrogen and oxygen atoms in total. The molecule has 1 fully saturated rings. The van der Waals surface area contributed by atoms with Crippen LogP contribution < -0.4 is 10.6 Å². The van der Waals surface area contributed by atoms with E-state index in [0.717, 1.165) is 43.4 Å². The van der Waals surface area contributed by atoms with Gasteiger partial charge >= 0.3 is 0 Å². The number of anilines is 1. The van der Waals surface area contributed by atoms with E-state index in [9.17, 15) is 0 Å². The normalized spacial score (nSPS) is 18.1. The van der Waals surface area contributed by atoms with Crippen LogP contribution in [0, 0.1) is 13.8 Å². The Bertz CT molecular complexity index is 534. The Morgan fingerprint density at radius 3 is 2.48 bits per heavy atom. The predicted octanol–water partition coefficient (Wildman–Crippen LogP) is 0.740. The van der Waals surface area contributed by atoms with E-state index < -0.39 is 5.54 Å². The molecule has 116 valence electrons. The van der Waals surface area contributed by atoms with E-state index in [4.69, 9.17) is 10.9 Å². The third kappa shape index (κ3) is 3.07. The van der Waals surface area contributed by atoms with Crippen molar-refractivity contribution in [2.45, 2.75) is 33.2 Å². The minimum Gasteiger partial charge on any atom is -0.409 e. The van der Waals surface area contributed by atoms with Crippen LogP contribution in [0.25, 0.3) is 0 Å². The minimum absolute atomic E-state index is 0.238. The molecule has 3 N–H and O–H groups in total. The molecular weight excluding hydrogens is 268 g/mol. The minimum atomic E-state index is -0.450. The zero-order valence-electron chi connectivity index (χ0n) is 13.2. The molecule has 1 aliphatic rings. The quantitative estimate of drug-likeness (QED) is 0.369. The summed E-state index contributed by atoms with van der Waals surface area (Å²) in [7, 11) is 0. The molecule has 7 heteroatoms. The van der Waals surface area contributed by atoms with Crippen molar-refractivity contribution in [3.63, 3.8) is 0 Å². The average Bonchev–Trinajstić information content (AvgIpc) is 2.49. The standard InChI is InChI=1S/C14H24N6O/c1-10-9-16-11(2)12(17-10)19-5-7-20(8-6-19)14(3,4)13(15)18-21/h9,21H,5-8H2,1-4H3,(H2,15,18). The molecule has 0 aliphatic carbocycles. The second-order valence-electron chi connectivity index (χ2n) is 5.94. The van der Waals surface area contributed by atoms with Gasteiger partial charge in [-0.1, -0.05) is 5.16 Å². The summed E-state index contributed by atoms with van der Waals surface area (Å²) in [6.07, 6.45) is 1.79. The molecule has 0 amide bonds. The first kappa shape index (κ1) is 15.5. The largest absolute Gasteiger partial charge is 0.409 e. The number of oxime groups is 1. The maximum absolute atomic E-state index is 8.91. The Hall–Kier alpha value is -1.89. The molecule has 1 aromatic rings. The summed E-state index contributed by atoms with van der Waals surface area (Å²) < 4.78 is 0. The Kier molecular flexibility index (Phi) is 4.32. The third-order valence-electron chi connectivity index (χ3n) is 4.16. The van der Waals surface area contributed by atoms with Crippen LogP contribution in [0.5, 0.6) is 0 Å². The van der Waals surface area contributed by atoms with Gasteiger partial charge in [-0.2, -0.15) is 0 Å². The lowest BCUT2D eigenvalue weighted by Crippen LogP contribution is -2.60. The van der Waals surface area contributed by atoms with Crippen LogP contribution in [0.2, 0.25) is 0 Å². The first-order chi connectivity index (χ1) is 9.86. The second-order valence-corrected chi connectivity index (χ2v) is 5.94. The van der Waals surface area contributed by atoms with Gasteiger partial charge in [0.2, 0.25) is 0 Å². The lowest BCUT2D eigenvalue weighted by atomic mass is 10.0. The molecular formula is C14H24N6O. The summed E-state index contributed by atoms with van der Waals surface area (Å²) in [4.78, 5) is 13.4. The highest BCUT2D eigenvalue weighted by Gasteiger charge is 2.34. The van der Waals surface area contributed by atoms with Crippen LogP contribution in [0.15, 0.2) is 11.4 Å². The van der Waals surface area contributed by atoms with Crippen molar-refractivity contribution >= 4 is 11.7 Å². The van der Waals surface area contributed by atoms with E-state index in [1.165, 1.54) is 0 Å². The molecule has 0 aromatic carbocycles. The summed E-state index contributed by atoms with van der Waals surface area (Å²) in [5.41, 5.74) is 7.22. The first-order valence-corrected chi connectivity index (χ1v) is 7.14. The fourth-order valence-corrected chi connectivity index (χ4v) is 2.59. The van der Waals surface area contributed by atoms with Crippen molar-refractivity contribution in [1.82, 2.24) is 14.9 Å². The van der Waals surface area contributed by atoms with Crippen molar-refractivity contribution in [1.29, 1.82) is 0 Å². The molecule has 2 rings (SSSR count). The van der Waals surface area contributed by atoms with Crippen molar-refractivity contribution < 1.29 is 5.21 Å². The number of piperazine rings is 1. The number of rotatable bonds is 3. The van der Waals surface area contributed by atoms with Crippen molar-refractivity contribution in [2.24, 2.45) is 10.9 Å². The van der Waals surface area contributed by atoms with Gasteiger partial charge in [0.25, 0.3) is 0 Å². The van der Waals surface area contributed by atoms with Gasteiger partial charge < -0.3 is 15.8 Å². The molecule has 1 aromatic heterocycles. The number of aromatic nitrogens is 2. The van der Waals surface area contributed by atoms with E-state index in [2.05, 4.69) is 24.9 Å². The van der Waals surface area contributed by atoms with Gasteiger partial charge in [0.05, 0.1) is 16.9 Å². The van der Waals surface area contributed by atoms with E-state index in [0.29, 0.717) is 0 Å². The molecule has 0 unspecified atom stereocenters. The predicted molar refractivity (Wildman–Crippen MR) is 82.8 cm³/mol. The van der Waals surface area contributed by atoms with Gasteiger partial charge in [-0.3, -0.25) is 9.88 Å². The Morgan fingerprint density at radius 2 is 1.90 bits per heavy atom. The highest BCUT2D eigenvalue weighted by atomic mass is 16.4. The second kappa shape index (κ2) is 5.85. The van der Waals surface area contributed by atoms with Gasteiger partial charge in [-0.15, -0.1) is 0 Å². The first-order valence-electron chi connectivity index (χ1n) is 7.14. The summed E-state index contributed by atoms with van der Waals surface area (Å²) in [5.74, 6) is 1.19. The molecule has 2 heterocycles. The molecule has 0 bridgehead atoms. The SMILES string of the molecule is Cc1cnc(C)c(N2CCN(C(C)(C)C(N)=NO)CC2)n1. The lowest BCUT2D eigenvalue weighted by molar-refractivity contribution is 0.160. The van der Waals surface area contributed by atoms with E-state index in [-0.39, 0.29) is 5.84 Å². The molecule has 21 heavy (non-hydrogen) atoms.